The number of methoxy groups -OCH3 is 1. The Balaban J connectivity index is 1.55. The van der Waals surface area contributed by atoms with Crippen molar-refractivity contribution in [3.05, 3.63) is 59.2 Å². The molecule has 2 N–H and O–H groups in total. The van der Waals surface area contributed by atoms with Crippen LogP contribution in [0.25, 0.3) is 10.9 Å². The fourth-order valence-corrected chi connectivity index (χ4v) is 4.04. The third kappa shape index (κ3) is 3.53. The van der Waals surface area contributed by atoms with Crippen molar-refractivity contribution >= 4 is 34.2 Å². The van der Waals surface area contributed by atoms with E-state index in [1.165, 1.54) is 0 Å². The average molecular weight is 400 g/mol. The lowest BCUT2D eigenvalue weighted by atomic mass is 10.0. The van der Waals surface area contributed by atoms with E-state index in [9.17, 15) is 9.90 Å². The van der Waals surface area contributed by atoms with Gasteiger partial charge >= 0.3 is 5.97 Å². The molecule has 1 aliphatic heterocycles. The summed E-state index contributed by atoms with van der Waals surface area (Å²) in [5.41, 5.74) is 2.73. The molecule has 3 aromatic rings. The lowest BCUT2D eigenvalue weighted by Crippen LogP contribution is -2.49. The Morgan fingerprint density at radius 3 is 2.68 bits per heavy atom. The van der Waals surface area contributed by atoms with Crippen molar-refractivity contribution in [1.82, 2.24) is 9.88 Å². The summed E-state index contributed by atoms with van der Waals surface area (Å²) in [6.45, 7) is 2.81. The molecule has 7 heteroatoms. The zero-order valence-corrected chi connectivity index (χ0v) is 16.3. The van der Waals surface area contributed by atoms with Crippen molar-refractivity contribution in [1.29, 1.82) is 0 Å². The molecule has 0 saturated carbocycles. The van der Waals surface area contributed by atoms with Crippen LogP contribution >= 0.6 is 11.6 Å². The van der Waals surface area contributed by atoms with Gasteiger partial charge in [0.05, 0.1) is 7.11 Å². The Bertz CT molecular complexity index is 995. The number of fused-ring (bicyclic) bond motifs is 1. The molecular formula is C21H22ClN3O3. The molecule has 0 spiro atoms. The number of hydrogen-bond acceptors (Lipinski definition) is 4. The van der Waals surface area contributed by atoms with Crippen LogP contribution in [0.4, 0.5) is 5.69 Å². The summed E-state index contributed by atoms with van der Waals surface area (Å²) < 4.78 is 5.31. The standard InChI is InChI=1S/C21H22ClN3O3/c1-28-16-4-2-3-15(12-16)24-7-9-25(10-8-24)20(21(26)27)18-13-23-19-6-5-14(22)11-17(18)19/h2-6,11-13,20,23H,7-10H2,1H3,(H,26,27). The maximum Gasteiger partial charge on any atom is 0.325 e. The molecule has 2 heterocycles. The van der Waals surface area contributed by atoms with Crippen LogP contribution in [0.15, 0.2) is 48.7 Å². The number of rotatable bonds is 5. The molecule has 1 saturated heterocycles. The highest BCUT2D eigenvalue weighted by molar-refractivity contribution is 6.31. The van der Waals surface area contributed by atoms with Gasteiger partial charge in [-0.1, -0.05) is 17.7 Å². The molecule has 1 atom stereocenters. The Kier molecular flexibility index (Phi) is 5.15. The van der Waals surface area contributed by atoms with Gasteiger partial charge in [0.2, 0.25) is 0 Å². The van der Waals surface area contributed by atoms with Gasteiger partial charge in [0.15, 0.2) is 0 Å². The average Bonchev–Trinajstić information content (AvgIpc) is 3.11. The number of hydrogen-bond donors (Lipinski definition) is 2. The van der Waals surface area contributed by atoms with Crippen LogP contribution in [-0.2, 0) is 4.79 Å². The van der Waals surface area contributed by atoms with Gasteiger partial charge in [-0.05, 0) is 30.3 Å². The van der Waals surface area contributed by atoms with Crippen LogP contribution in [0.5, 0.6) is 5.75 Å². The van der Waals surface area contributed by atoms with Crippen molar-refractivity contribution < 1.29 is 14.6 Å². The fraction of sp³-hybridized carbons (Fsp3) is 0.286. The maximum atomic E-state index is 12.1. The van der Waals surface area contributed by atoms with Crippen molar-refractivity contribution in [2.45, 2.75) is 6.04 Å². The summed E-state index contributed by atoms with van der Waals surface area (Å²) in [7, 11) is 1.65. The van der Waals surface area contributed by atoms with Gasteiger partial charge in [-0.3, -0.25) is 9.69 Å². The molecule has 1 aliphatic rings. The quantitative estimate of drug-likeness (QED) is 0.683. The second kappa shape index (κ2) is 7.73. The summed E-state index contributed by atoms with van der Waals surface area (Å²) in [6.07, 6.45) is 1.79. The molecule has 0 bridgehead atoms. The first-order valence-electron chi connectivity index (χ1n) is 9.19. The Morgan fingerprint density at radius 1 is 1.18 bits per heavy atom. The van der Waals surface area contributed by atoms with Crippen LogP contribution < -0.4 is 9.64 Å². The lowest BCUT2D eigenvalue weighted by molar-refractivity contribution is -0.143. The van der Waals surface area contributed by atoms with Crippen molar-refractivity contribution in [2.75, 3.05) is 38.2 Å². The van der Waals surface area contributed by atoms with E-state index >= 15 is 0 Å². The van der Waals surface area contributed by atoms with Crippen LogP contribution in [0.1, 0.15) is 11.6 Å². The highest BCUT2D eigenvalue weighted by atomic mass is 35.5. The summed E-state index contributed by atoms with van der Waals surface area (Å²) in [5.74, 6) is -0.0327. The van der Waals surface area contributed by atoms with E-state index in [1.807, 2.05) is 35.2 Å². The summed E-state index contributed by atoms with van der Waals surface area (Å²) in [6, 6.07) is 12.7. The second-order valence-corrected chi connectivity index (χ2v) is 7.34. The number of halogens is 1. The largest absolute Gasteiger partial charge is 0.497 e. The van der Waals surface area contributed by atoms with E-state index in [0.29, 0.717) is 18.1 Å². The Hall–Kier alpha value is -2.70. The number of carbonyl (C=O) groups is 1. The number of carboxylic acids is 1. The van der Waals surface area contributed by atoms with Crippen LogP contribution in [-0.4, -0.2) is 54.2 Å². The predicted molar refractivity (Wildman–Crippen MR) is 110 cm³/mol. The van der Waals surface area contributed by atoms with Gasteiger partial charge < -0.3 is 19.7 Å². The van der Waals surface area contributed by atoms with E-state index in [0.717, 1.165) is 41.0 Å². The van der Waals surface area contributed by atoms with Gasteiger partial charge in [0.25, 0.3) is 0 Å². The molecule has 1 unspecified atom stereocenters. The number of aromatic amines is 1. The highest BCUT2D eigenvalue weighted by Gasteiger charge is 2.32. The Labute approximate surface area is 168 Å². The molecule has 4 rings (SSSR count). The molecule has 146 valence electrons. The molecule has 1 fully saturated rings. The van der Waals surface area contributed by atoms with Gasteiger partial charge in [0, 0.05) is 65.6 Å². The monoisotopic (exact) mass is 399 g/mol. The second-order valence-electron chi connectivity index (χ2n) is 6.90. The van der Waals surface area contributed by atoms with E-state index in [4.69, 9.17) is 16.3 Å². The van der Waals surface area contributed by atoms with E-state index < -0.39 is 12.0 Å². The smallest absolute Gasteiger partial charge is 0.325 e. The first kappa shape index (κ1) is 18.7. The third-order valence-electron chi connectivity index (χ3n) is 5.30. The summed E-state index contributed by atoms with van der Waals surface area (Å²) in [4.78, 5) is 19.6. The summed E-state index contributed by atoms with van der Waals surface area (Å²) >= 11 is 6.14. The van der Waals surface area contributed by atoms with Crippen LogP contribution in [0.3, 0.4) is 0 Å². The molecule has 1 aromatic heterocycles. The molecular weight excluding hydrogens is 378 g/mol. The zero-order valence-electron chi connectivity index (χ0n) is 15.6. The topological polar surface area (TPSA) is 68.8 Å². The van der Waals surface area contributed by atoms with Crippen LogP contribution in [0, 0.1) is 0 Å². The van der Waals surface area contributed by atoms with Crippen LogP contribution in [0.2, 0.25) is 5.02 Å². The number of anilines is 1. The normalized spacial score (nSPS) is 16.3. The number of piperazine rings is 1. The summed E-state index contributed by atoms with van der Waals surface area (Å²) in [5, 5.41) is 11.4. The predicted octanol–water partition coefficient (Wildman–Crippen LogP) is 3.78. The number of nitrogens with zero attached hydrogens (tertiary/aromatic N) is 2. The van der Waals surface area contributed by atoms with Crippen molar-refractivity contribution in [2.24, 2.45) is 0 Å². The SMILES string of the molecule is COc1cccc(N2CCN(C(C(=O)O)c3c[nH]c4ccc(Cl)cc34)CC2)c1. The van der Waals surface area contributed by atoms with E-state index in [2.05, 4.69) is 16.0 Å². The van der Waals surface area contributed by atoms with E-state index in [-0.39, 0.29) is 0 Å². The first-order chi connectivity index (χ1) is 13.6. The number of carboxylic acid groups (broad SMARTS) is 1. The third-order valence-corrected chi connectivity index (χ3v) is 5.54. The zero-order chi connectivity index (χ0) is 19.7. The molecule has 6 nitrogen and oxygen atoms in total. The molecule has 2 aromatic carbocycles. The lowest BCUT2D eigenvalue weighted by Gasteiger charge is -2.38. The number of aromatic nitrogens is 1. The molecule has 0 aliphatic carbocycles. The fourth-order valence-electron chi connectivity index (χ4n) is 3.87. The molecule has 0 radical (unpaired) electrons. The minimum atomic E-state index is -0.851. The molecule has 0 amide bonds. The highest BCUT2D eigenvalue weighted by Crippen LogP contribution is 2.32. The minimum Gasteiger partial charge on any atom is -0.497 e. The first-order valence-corrected chi connectivity index (χ1v) is 9.57. The van der Waals surface area contributed by atoms with E-state index in [1.54, 1.807) is 19.4 Å². The number of benzene rings is 2. The molecule has 28 heavy (non-hydrogen) atoms. The maximum absolute atomic E-state index is 12.1. The number of nitrogens with one attached hydrogen (secondary N) is 1. The Morgan fingerprint density at radius 2 is 1.96 bits per heavy atom. The minimum absolute atomic E-state index is 0.598. The van der Waals surface area contributed by atoms with Crippen molar-refractivity contribution in [3.8, 4) is 5.75 Å². The van der Waals surface area contributed by atoms with Crippen molar-refractivity contribution in [3.63, 3.8) is 0 Å². The van der Waals surface area contributed by atoms with Gasteiger partial charge in [-0.25, -0.2) is 0 Å². The number of aliphatic carboxylic acids is 1. The van der Waals surface area contributed by atoms with Gasteiger partial charge in [-0.15, -0.1) is 0 Å². The number of ether oxygens (including phenoxy) is 1. The van der Waals surface area contributed by atoms with Gasteiger partial charge in [-0.2, -0.15) is 0 Å². The van der Waals surface area contributed by atoms with Gasteiger partial charge in [0.1, 0.15) is 11.8 Å². The number of H-pyrrole nitrogens is 1.